The van der Waals surface area contributed by atoms with E-state index in [1.54, 1.807) is 19.2 Å². The third-order valence-electron chi connectivity index (χ3n) is 3.22. The molecule has 1 N–H and O–H groups in total. The molecule has 3 rings (SSSR count). The van der Waals surface area contributed by atoms with Gasteiger partial charge in [-0.1, -0.05) is 11.3 Å². The zero-order valence-electron chi connectivity index (χ0n) is 13.7. The molecular weight excluding hydrogens is 360 g/mol. The molecule has 0 bridgehead atoms. The zero-order chi connectivity index (χ0) is 17.8. The van der Waals surface area contributed by atoms with Gasteiger partial charge in [-0.25, -0.2) is 9.97 Å². The number of aryl methyl sites for hydroxylation is 1. The molecule has 0 radical (unpaired) electrons. The first-order valence-electron chi connectivity index (χ1n) is 7.59. The Bertz CT molecular complexity index is 883. The van der Waals surface area contributed by atoms with E-state index in [-0.39, 0.29) is 18.3 Å². The number of carbonyl (C=O) groups is 2. The normalized spacial score (nSPS) is 10.6. The van der Waals surface area contributed by atoms with Crippen LogP contribution in [0.5, 0.6) is 0 Å². The van der Waals surface area contributed by atoms with Crippen LogP contribution in [0, 0.1) is 6.92 Å². The van der Waals surface area contributed by atoms with Crippen LogP contribution >= 0.6 is 22.7 Å². The highest BCUT2D eigenvalue weighted by Crippen LogP contribution is 2.24. The van der Waals surface area contributed by atoms with Crippen LogP contribution in [0.4, 0.5) is 5.13 Å². The summed E-state index contributed by atoms with van der Waals surface area (Å²) in [6.07, 6.45) is 3.85. The maximum Gasteiger partial charge on any atom is 0.311 e. The fraction of sp³-hybridized carbons (Fsp3) is 0.250. The lowest BCUT2D eigenvalue weighted by molar-refractivity contribution is -0.142. The van der Waals surface area contributed by atoms with E-state index in [0.29, 0.717) is 28.0 Å². The van der Waals surface area contributed by atoms with Crippen LogP contribution in [0.15, 0.2) is 29.9 Å². The third kappa shape index (κ3) is 4.12. The van der Waals surface area contributed by atoms with Gasteiger partial charge in [-0.15, -0.1) is 11.3 Å². The maximum absolute atomic E-state index is 12.5. The van der Waals surface area contributed by atoms with Gasteiger partial charge in [0.1, 0.15) is 4.88 Å². The SMILES string of the molecule is CCOC(=O)Cc1csc(NC(=O)c2sc(-n3cccc3)nc2C)n1. The van der Waals surface area contributed by atoms with Crippen molar-refractivity contribution in [2.45, 2.75) is 20.3 Å². The summed E-state index contributed by atoms with van der Waals surface area (Å²) < 4.78 is 6.75. The number of nitrogens with one attached hydrogen (secondary N) is 1. The van der Waals surface area contributed by atoms with Gasteiger partial charge in [0.15, 0.2) is 10.3 Å². The molecule has 0 unspecified atom stereocenters. The van der Waals surface area contributed by atoms with Crippen LogP contribution in [0.2, 0.25) is 0 Å². The minimum atomic E-state index is -0.333. The minimum Gasteiger partial charge on any atom is -0.466 e. The quantitative estimate of drug-likeness (QED) is 0.668. The van der Waals surface area contributed by atoms with Crippen molar-refractivity contribution in [3.63, 3.8) is 0 Å². The fourth-order valence-electron chi connectivity index (χ4n) is 2.12. The summed E-state index contributed by atoms with van der Waals surface area (Å²) in [6, 6.07) is 3.80. The van der Waals surface area contributed by atoms with E-state index < -0.39 is 0 Å². The number of amides is 1. The molecule has 0 aliphatic heterocycles. The second-order valence-electron chi connectivity index (χ2n) is 5.08. The van der Waals surface area contributed by atoms with E-state index in [9.17, 15) is 9.59 Å². The summed E-state index contributed by atoms with van der Waals surface area (Å²) in [7, 11) is 0. The number of rotatable bonds is 6. The molecule has 0 spiro atoms. The van der Waals surface area contributed by atoms with Crippen LogP contribution in [0.3, 0.4) is 0 Å². The lowest BCUT2D eigenvalue weighted by atomic mass is 10.3. The Morgan fingerprint density at radius 3 is 2.76 bits per heavy atom. The Kier molecular flexibility index (Phi) is 5.25. The molecule has 3 aromatic rings. The van der Waals surface area contributed by atoms with Gasteiger partial charge in [-0.05, 0) is 26.0 Å². The van der Waals surface area contributed by atoms with Gasteiger partial charge in [-0.3, -0.25) is 14.9 Å². The molecule has 0 aromatic carbocycles. The highest BCUT2D eigenvalue weighted by atomic mass is 32.1. The van der Waals surface area contributed by atoms with Crippen molar-refractivity contribution < 1.29 is 14.3 Å². The molecule has 7 nitrogen and oxygen atoms in total. The van der Waals surface area contributed by atoms with E-state index in [4.69, 9.17) is 4.74 Å². The number of thiazole rings is 2. The Labute approximate surface area is 152 Å². The predicted molar refractivity (Wildman–Crippen MR) is 96.6 cm³/mol. The molecule has 25 heavy (non-hydrogen) atoms. The van der Waals surface area contributed by atoms with Crippen LogP contribution in [0.1, 0.15) is 28.0 Å². The summed E-state index contributed by atoms with van der Waals surface area (Å²) in [4.78, 5) is 33.2. The number of hydrogen-bond donors (Lipinski definition) is 1. The molecule has 0 saturated carbocycles. The average molecular weight is 376 g/mol. The van der Waals surface area contributed by atoms with Crippen molar-refractivity contribution in [2.75, 3.05) is 11.9 Å². The number of hydrogen-bond acceptors (Lipinski definition) is 7. The number of carbonyl (C=O) groups excluding carboxylic acids is 2. The monoisotopic (exact) mass is 376 g/mol. The van der Waals surface area contributed by atoms with E-state index in [2.05, 4.69) is 15.3 Å². The predicted octanol–water partition coefficient (Wildman–Crippen LogP) is 3.06. The fourth-order valence-corrected chi connectivity index (χ4v) is 3.76. The average Bonchev–Trinajstić information content (AvgIpc) is 3.28. The van der Waals surface area contributed by atoms with Gasteiger partial charge in [0.25, 0.3) is 5.91 Å². The second-order valence-corrected chi connectivity index (χ2v) is 6.92. The van der Waals surface area contributed by atoms with Crippen molar-refractivity contribution in [1.29, 1.82) is 0 Å². The lowest BCUT2D eigenvalue weighted by Gasteiger charge is -2.00. The molecule has 0 fully saturated rings. The summed E-state index contributed by atoms with van der Waals surface area (Å²) >= 11 is 2.58. The van der Waals surface area contributed by atoms with Gasteiger partial charge >= 0.3 is 5.97 Å². The number of esters is 1. The first-order chi connectivity index (χ1) is 12.1. The van der Waals surface area contributed by atoms with Crippen molar-refractivity contribution in [3.05, 3.63) is 46.2 Å². The summed E-state index contributed by atoms with van der Waals surface area (Å²) in [5.74, 6) is -0.592. The molecule has 9 heteroatoms. The number of nitrogens with zero attached hydrogens (tertiary/aromatic N) is 3. The van der Waals surface area contributed by atoms with E-state index >= 15 is 0 Å². The zero-order valence-corrected chi connectivity index (χ0v) is 15.3. The van der Waals surface area contributed by atoms with E-state index in [1.165, 1.54) is 22.7 Å². The second kappa shape index (κ2) is 7.58. The maximum atomic E-state index is 12.5. The summed E-state index contributed by atoms with van der Waals surface area (Å²) in [5.41, 5.74) is 1.24. The number of ether oxygens (including phenoxy) is 1. The summed E-state index contributed by atoms with van der Waals surface area (Å²) in [6.45, 7) is 3.89. The van der Waals surface area contributed by atoms with Crippen LogP contribution < -0.4 is 5.32 Å². The molecule has 3 heterocycles. The molecule has 0 atom stereocenters. The Hall–Kier alpha value is -2.52. The Morgan fingerprint density at radius 2 is 2.04 bits per heavy atom. The van der Waals surface area contributed by atoms with E-state index in [1.807, 2.05) is 29.1 Å². The Balaban J connectivity index is 1.69. The van der Waals surface area contributed by atoms with Gasteiger partial charge < -0.3 is 9.30 Å². The molecule has 130 valence electrons. The van der Waals surface area contributed by atoms with Crippen LogP contribution in [0.25, 0.3) is 5.13 Å². The molecule has 0 aliphatic rings. The smallest absolute Gasteiger partial charge is 0.311 e. The molecular formula is C16H16N4O3S2. The Morgan fingerprint density at radius 1 is 1.28 bits per heavy atom. The number of aromatic nitrogens is 3. The van der Waals surface area contributed by atoms with Crippen molar-refractivity contribution in [2.24, 2.45) is 0 Å². The highest BCUT2D eigenvalue weighted by Gasteiger charge is 2.18. The molecule has 0 aliphatic carbocycles. The highest BCUT2D eigenvalue weighted by molar-refractivity contribution is 7.16. The van der Waals surface area contributed by atoms with Crippen molar-refractivity contribution in [3.8, 4) is 5.13 Å². The standard InChI is InChI=1S/C16H16N4O3S2/c1-3-23-12(21)8-11-9-24-15(18-11)19-14(22)13-10(2)17-16(25-13)20-6-4-5-7-20/h4-7,9H,3,8H2,1-2H3,(H,18,19,22). The van der Waals surface area contributed by atoms with Gasteiger partial charge in [0.2, 0.25) is 0 Å². The van der Waals surface area contributed by atoms with Gasteiger partial charge in [0.05, 0.1) is 24.4 Å². The first kappa shape index (κ1) is 17.3. The molecule has 1 amide bonds. The molecule has 3 aromatic heterocycles. The largest absolute Gasteiger partial charge is 0.466 e. The van der Waals surface area contributed by atoms with Gasteiger partial charge in [0, 0.05) is 17.8 Å². The third-order valence-corrected chi connectivity index (χ3v) is 5.20. The van der Waals surface area contributed by atoms with Crippen LogP contribution in [-0.4, -0.2) is 33.0 Å². The lowest BCUT2D eigenvalue weighted by Crippen LogP contribution is -2.12. The minimum absolute atomic E-state index is 0.0948. The first-order valence-corrected chi connectivity index (χ1v) is 9.28. The van der Waals surface area contributed by atoms with Crippen molar-refractivity contribution >= 4 is 39.7 Å². The van der Waals surface area contributed by atoms with Crippen molar-refractivity contribution in [1.82, 2.24) is 14.5 Å². The number of anilines is 1. The van der Waals surface area contributed by atoms with Gasteiger partial charge in [-0.2, -0.15) is 0 Å². The van der Waals surface area contributed by atoms with E-state index in [0.717, 1.165) is 5.13 Å². The molecule has 0 saturated heterocycles. The van der Waals surface area contributed by atoms with Crippen LogP contribution in [-0.2, 0) is 16.0 Å². The summed E-state index contributed by atoms with van der Waals surface area (Å²) in [5, 5.41) is 5.67. The topological polar surface area (TPSA) is 86.1 Å².